The Hall–Kier alpha value is -2.99. The molecule has 0 fully saturated rings. The van der Waals surface area contributed by atoms with E-state index >= 15 is 0 Å². The van der Waals surface area contributed by atoms with Crippen molar-refractivity contribution in [2.24, 2.45) is 0 Å². The lowest BCUT2D eigenvalue weighted by Gasteiger charge is -2.14. The van der Waals surface area contributed by atoms with Crippen LogP contribution in [0.1, 0.15) is 10.4 Å². The Balaban J connectivity index is 2.29. The van der Waals surface area contributed by atoms with Crippen LogP contribution >= 0.6 is 0 Å². The van der Waals surface area contributed by atoms with E-state index in [1.165, 1.54) is 30.3 Å². The third-order valence-electron chi connectivity index (χ3n) is 3.88. The SMILES string of the molecule is O=C(Nc1cccc2cc(S(=O)(=O)O)c(S(=O)(=O)O)c(O)c12)c1ccccc1. The first kappa shape index (κ1) is 19.8. The second kappa shape index (κ2) is 6.87. The molecule has 4 N–H and O–H groups in total. The molecular weight excluding hydrogens is 410 g/mol. The molecule has 0 radical (unpaired) electrons. The summed E-state index contributed by atoms with van der Waals surface area (Å²) in [5.41, 5.74) is 0.249. The Kier molecular flexibility index (Phi) is 4.85. The summed E-state index contributed by atoms with van der Waals surface area (Å²) < 4.78 is 65.1. The van der Waals surface area contributed by atoms with Gasteiger partial charge in [0.05, 0.1) is 5.69 Å². The quantitative estimate of drug-likeness (QED) is 0.465. The zero-order valence-electron chi connectivity index (χ0n) is 13.9. The highest BCUT2D eigenvalue weighted by Gasteiger charge is 2.30. The lowest BCUT2D eigenvalue weighted by atomic mass is 10.1. The van der Waals surface area contributed by atoms with Crippen LogP contribution in [0.4, 0.5) is 5.69 Å². The molecule has 0 saturated heterocycles. The zero-order chi connectivity index (χ0) is 20.7. The molecule has 3 aromatic rings. The average molecular weight is 423 g/mol. The predicted octanol–water partition coefficient (Wildman–Crippen LogP) is 2.29. The van der Waals surface area contributed by atoms with Crippen molar-refractivity contribution in [3.8, 4) is 5.75 Å². The Labute approximate surface area is 159 Å². The first-order valence-electron chi connectivity index (χ1n) is 7.60. The number of carbonyl (C=O) groups is 1. The second-order valence-corrected chi connectivity index (χ2v) is 8.47. The summed E-state index contributed by atoms with van der Waals surface area (Å²) in [6.07, 6.45) is 0. The maximum Gasteiger partial charge on any atom is 0.299 e. The number of nitrogens with one attached hydrogen (secondary N) is 1. The van der Waals surface area contributed by atoms with Crippen molar-refractivity contribution in [1.82, 2.24) is 0 Å². The van der Waals surface area contributed by atoms with E-state index in [9.17, 15) is 35.8 Å². The topological polar surface area (TPSA) is 158 Å². The average Bonchev–Trinajstić information content (AvgIpc) is 2.60. The van der Waals surface area contributed by atoms with Gasteiger partial charge in [-0.05, 0) is 29.7 Å². The molecule has 0 saturated carbocycles. The van der Waals surface area contributed by atoms with Crippen molar-refractivity contribution in [2.75, 3.05) is 5.32 Å². The first-order chi connectivity index (χ1) is 13.0. The van der Waals surface area contributed by atoms with E-state index in [0.717, 1.165) is 6.07 Å². The molecule has 11 heteroatoms. The fourth-order valence-corrected chi connectivity index (χ4v) is 4.62. The highest BCUT2D eigenvalue weighted by atomic mass is 32.2. The minimum absolute atomic E-state index is 0.00314. The molecule has 3 rings (SSSR count). The van der Waals surface area contributed by atoms with E-state index in [2.05, 4.69) is 5.32 Å². The molecule has 0 heterocycles. The molecule has 3 aromatic carbocycles. The van der Waals surface area contributed by atoms with Crippen molar-refractivity contribution in [2.45, 2.75) is 9.79 Å². The number of fused-ring (bicyclic) bond motifs is 1. The van der Waals surface area contributed by atoms with Crippen LogP contribution < -0.4 is 5.32 Å². The molecule has 0 unspecified atom stereocenters. The van der Waals surface area contributed by atoms with Gasteiger partial charge in [-0.1, -0.05) is 30.3 Å². The Morgan fingerprint density at radius 3 is 2.07 bits per heavy atom. The van der Waals surface area contributed by atoms with Gasteiger partial charge in [0.25, 0.3) is 26.1 Å². The zero-order valence-corrected chi connectivity index (χ0v) is 15.5. The molecule has 0 spiro atoms. The number of carbonyl (C=O) groups excluding carboxylic acids is 1. The van der Waals surface area contributed by atoms with Crippen LogP contribution in [0.2, 0.25) is 0 Å². The minimum Gasteiger partial charge on any atom is -0.506 e. The maximum atomic E-state index is 12.4. The van der Waals surface area contributed by atoms with E-state index in [1.54, 1.807) is 18.2 Å². The molecular formula is C17H13NO8S2. The summed E-state index contributed by atoms with van der Waals surface area (Å²) in [4.78, 5) is 9.81. The number of rotatable bonds is 4. The fraction of sp³-hybridized carbons (Fsp3) is 0. The summed E-state index contributed by atoms with van der Waals surface area (Å²) in [7, 11) is -10.3. The van der Waals surface area contributed by atoms with Crippen molar-refractivity contribution in [1.29, 1.82) is 0 Å². The second-order valence-electron chi connectivity index (χ2n) is 5.73. The number of hydrogen-bond donors (Lipinski definition) is 4. The Bertz CT molecular complexity index is 1300. The Morgan fingerprint density at radius 2 is 1.50 bits per heavy atom. The van der Waals surface area contributed by atoms with Gasteiger partial charge in [0.15, 0.2) is 4.90 Å². The van der Waals surface area contributed by atoms with E-state index in [-0.39, 0.29) is 22.0 Å². The molecule has 0 aromatic heterocycles. The molecule has 1 amide bonds. The Morgan fingerprint density at radius 1 is 0.857 bits per heavy atom. The van der Waals surface area contributed by atoms with Gasteiger partial charge < -0.3 is 10.4 Å². The van der Waals surface area contributed by atoms with E-state index in [1.807, 2.05) is 0 Å². The minimum atomic E-state index is -5.24. The lowest BCUT2D eigenvalue weighted by molar-refractivity contribution is 0.102. The van der Waals surface area contributed by atoms with Crippen molar-refractivity contribution < 1.29 is 35.8 Å². The van der Waals surface area contributed by atoms with E-state index in [4.69, 9.17) is 0 Å². The highest BCUT2D eigenvalue weighted by molar-refractivity contribution is 7.89. The number of phenolic OH excluding ortho intramolecular Hbond substituents is 1. The van der Waals surface area contributed by atoms with Crippen molar-refractivity contribution in [3.05, 3.63) is 60.2 Å². The van der Waals surface area contributed by atoms with Crippen molar-refractivity contribution in [3.63, 3.8) is 0 Å². The number of phenols is 1. The summed E-state index contributed by atoms with van der Waals surface area (Å²) in [6, 6.07) is 12.9. The monoisotopic (exact) mass is 423 g/mol. The van der Waals surface area contributed by atoms with Crippen LogP contribution in [-0.4, -0.2) is 37.0 Å². The van der Waals surface area contributed by atoms with Gasteiger partial charge in [0, 0.05) is 10.9 Å². The van der Waals surface area contributed by atoms with Crippen LogP contribution in [0, 0.1) is 0 Å². The van der Waals surface area contributed by atoms with Gasteiger partial charge in [-0.3, -0.25) is 13.9 Å². The smallest absolute Gasteiger partial charge is 0.299 e. The van der Waals surface area contributed by atoms with Crippen LogP contribution in [0.15, 0.2) is 64.4 Å². The third-order valence-corrected chi connectivity index (χ3v) is 5.82. The van der Waals surface area contributed by atoms with Crippen LogP contribution in [0.25, 0.3) is 10.8 Å². The molecule has 0 bridgehead atoms. The molecule has 9 nitrogen and oxygen atoms in total. The number of benzene rings is 3. The van der Waals surface area contributed by atoms with Gasteiger partial charge in [0.2, 0.25) is 0 Å². The van der Waals surface area contributed by atoms with Gasteiger partial charge >= 0.3 is 0 Å². The van der Waals surface area contributed by atoms with E-state index in [0.29, 0.717) is 0 Å². The third kappa shape index (κ3) is 3.68. The lowest BCUT2D eigenvalue weighted by Crippen LogP contribution is -2.13. The standard InChI is InChI=1S/C17H13NO8S2/c19-15-14-11(9-13(27(21,22)23)16(15)28(24,25)26)7-4-8-12(14)18-17(20)10-5-2-1-3-6-10/h1-9,19H,(H,18,20)(H,21,22,23)(H,24,25,26). The number of aromatic hydroxyl groups is 1. The number of amides is 1. The number of hydrogen-bond acceptors (Lipinski definition) is 6. The van der Waals surface area contributed by atoms with Gasteiger partial charge in [0.1, 0.15) is 10.6 Å². The first-order valence-corrected chi connectivity index (χ1v) is 10.5. The normalized spacial score (nSPS) is 12.1. The summed E-state index contributed by atoms with van der Waals surface area (Å²) >= 11 is 0. The molecule has 0 aliphatic carbocycles. The molecule has 0 aliphatic heterocycles. The van der Waals surface area contributed by atoms with Gasteiger partial charge in [-0.25, -0.2) is 0 Å². The largest absolute Gasteiger partial charge is 0.506 e. The van der Waals surface area contributed by atoms with Crippen molar-refractivity contribution >= 4 is 42.6 Å². The number of anilines is 1. The molecule has 0 atom stereocenters. The van der Waals surface area contributed by atoms with Gasteiger partial charge in [-0.15, -0.1) is 0 Å². The van der Waals surface area contributed by atoms with Gasteiger partial charge in [-0.2, -0.15) is 16.8 Å². The van der Waals surface area contributed by atoms with Crippen LogP contribution in [0.5, 0.6) is 5.75 Å². The van der Waals surface area contributed by atoms with E-state index < -0.39 is 41.7 Å². The molecule has 146 valence electrons. The molecule has 0 aliphatic rings. The predicted molar refractivity (Wildman–Crippen MR) is 99.6 cm³/mol. The maximum absolute atomic E-state index is 12.4. The fourth-order valence-electron chi connectivity index (χ4n) is 2.72. The summed E-state index contributed by atoms with van der Waals surface area (Å²) in [6.45, 7) is 0. The van der Waals surface area contributed by atoms with Crippen LogP contribution in [0.3, 0.4) is 0 Å². The molecule has 28 heavy (non-hydrogen) atoms. The van der Waals surface area contributed by atoms with Crippen LogP contribution in [-0.2, 0) is 20.2 Å². The summed E-state index contributed by atoms with van der Waals surface area (Å²) in [5, 5.41) is 12.7. The highest BCUT2D eigenvalue weighted by Crippen LogP contribution is 2.40. The summed E-state index contributed by atoms with van der Waals surface area (Å²) in [5.74, 6) is -1.70.